The molecule has 0 spiro atoms. The lowest BCUT2D eigenvalue weighted by Crippen LogP contribution is -2.44. The van der Waals surface area contributed by atoms with E-state index in [0.29, 0.717) is 0 Å². The Kier molecular flexibility index (Phi) is 13.7. The van der Waals surface area contributed by atoms with Gasteiger partial charge < -0.3 is 25.2 Å². The van der Waals surface area contributed by atoms with Crippen LogP contribution < -0.4 is 10.6 Å². The summed E-state index contributed by atoms with van der Waals surface area (Å²) in [5.74, 6) is 1.71. The van der Waals surface area contributed by atoms with Crippen LogP contribution in [0.5, 0.6) is 0 Å². The largest absolute Gasteiger partial charge is 0.383 e. The van der Waals surface area contributed by atoms with Gasteiger partial charge >= 0.3 is 0 Å². The molecule has 0 saturated carbocycles. The van der Waals surface area contributed by atoms with E-state index in [1.54, 1.807) is 7.11 Å². The number of guanidine groups is 1. The average Bonchev–Trinajstić information content (AvgIpc) is 2.68. The Hall–Kier alpha value is -0.120. The van der Waals surface area contributed by atoms with Crippen LogP contribution in [0, 0.1) is 5.92 Å². The predicted molar refractivity (Wildman–Crippen MR) is 125 cm³/mol. The Morgan fingerprint density at radius 3 is 2.52 bits per heavy atom. The predicted octanol–water partition coefficient (Wildman–Crippen LogP) is 2.39. The van der Waals surface area contributed by atoms with E-state index in [0.717, 1.165) is 44.2 Å². The standard InChI is InChI=1S/C20H41N5O.HI/c1-18-7-4-5-11-25(18)12-6-10-22-20(21-2)23-17-19-8-13-24(14-9-19)15-16-26-3;/h18-19H,4-17H2,1-3H3,(H2,21,22,23);1H. The molecule has 27 heavy (non-hydrogen) atoms. The van der Waals surface area contributed by atoms with Gasteiger partial charge in [0.1, 0.15) is 0 Å². The monoisotopic (exact) mass is 495 g/mol. The van der Waals surface area contributed by atoms with Crippen molar-refractivity contribution in [3.8, 4) is 0 Å². The third kappa shape index (κ3) is 9.76. The molecule has 2 N–H and O–H groups in total. The fraction of sp³-hybridized carbons (Fsp3) is 0.950. The summed E-state index contributed by atoms with van der Waals surface area (Å²) in [5.41, 5.74) is 0. The van der Waals surface area contributed by atoms with Crippen LogP contribution in [-0.2, 0) is 4.74 Å². The molecule has 160 valence electrons. The van der Waals surface area contributed by atoms with Gasteiger partial charge in [-0.25, -0.2) is 0 Å². The van der Waals surface area contributed by atoms with Gasteiger partial charge in [-0.2, -0.15) is 0 Å². The van der Waals surface area contributed by atoms with Crippen molar-refractivity contribution in [2.45, 2.75) is 51.5 Å². The molecule has 2 heterocycles. The molecule has 0 amide bonds. The number of hydrogen-bond acceptors (Lipinski definition) is 4. The number of likely N-dealkylation sites (tertiary alicyclic amines) is 2. The van der Waals surface area contributed by atoms with Crippen LogP contribution in [0.15, 0.2) is 4.99 Å². The minimum absolute atomic E-state index is 0. The van der Waals surface area contributed by atoms with Gasteiger partial charge in [0, 0.05) is 46.4 Å². The summed E-state index contributed by atoms with van der Waals surface area (Å²) in [4.78, 5) is 9.53. The van der Waals surface area contributed by atoms with Gasteiger partial charge in [-0.05, 0) is 64.6 Å². The number of halogens is 1. The smallest absolute Gasteiger partial charge is 0.190 e. The Balaban J connectivity index is 0.00000364. The highest BCUT2D eigenvalue weighted by Gasteiger charge is 2.19. The molecule has 2 aliphatic rings. The van der Waals surface area contributed by atoms with Crippen LogP contribution in [0.2, 0.25) is 0 Å². The summed E-state index contributed by atoms with van der Waals surface area (Å²) in [5, 5.41) is 7.01. The molecule has 2 saturated heterocycles. The van der Waals surface area contributed by atoms with Crippen molar-refractivity contribution in [3.05, 3.63) is 0 Å². The SMILES string of the molecule is CN=C(NCCCN1CCCCC1C)NCC1CCN(CCOC)CC1.I. The fourth-order valence-corrected chi connectivity index (χ4v) is 4.07. The first-order valence-electron chi connectivity index (χ1n) is 10.6. The second-order valence-corrected chi connectivity index (χ2v) is 7.89. The van der Waals surface area contributed by atoms with E-state index in [4.69, 9.17) is 4.74 Å². The molecule has 0 aromatic carbocycles. The average molecular weight is 495 g/mol. The van der Waals surface area contributed by atoms with Crippen molar-refractivity contribution in [3.63, 3.8) is 0 Å². The van der Waals surface area contributed by atoms with E-state index < -0.39 is 0 Å². The lowest BCUT2D eigenvalue weighted by molar-refractivity contribution is 0.121. The number of nitrogens with one attached hydrogen (secondary N) is 2. The molecular weight excluding hydrogens is 453 g/mol. The van der Waals surface area contributed by atoms with Crippen LogP contribution in [-0.4, -0.2) is 88.4 Å². The number of nitrogens with zero attached hydrogens (tertiary/aromatic N) is 3. The quantitative estimate of drug-likeness (QED) is 0.223. The zero-order valence-electron chi connectivity index (χ0n) is 17.7. The molecule has 6 nitrogen and oxygen atoms in total. The molecule has 1 unspecified atom stereocenters. The number of ether oxygens (including phenoxy) is 1. The minimum Gasteiger partial charge on any atom is -0.383 e. The summed E-state index contributed by atoms with van der Waals surface area (Å²) in [6.07, 6.45) is 7.84. The molecule has 2 fully saturated rings. The Morgan fingerprint density at radius 1 is 1.07 bits per heavy atom. The molecule has 0 aliphatic carbocycles. The summed E-state index contributed by atoms with van der Waals surface area (Å²) >= 11 is 0. The number of hydrogen-bond donors (Lipinski definition) is 2. The van der Waals surface area contributed by atoms with E-state index in [1.807, 2.05) is 7.05 Å². The highest BCUT2D eigenvalue weighted by Crippen LogP contribution is 2.17. The second-order valence-electron chi connectivity index (χ2n) is 7.89. The van der Waals surface area contributed by atoms with Crippen LogP contribution in [0.1, 0.15) is 45.4 Å². The normalized spacial score (nSPS) is 23.1. The first-order valence-corrected chi connectivity index (χ1v) is 10.6. The van der Waals surface area contributed by atoms with Crippen molar-refractivity contribution in [2.75, 3.05) is 66.6 Å². The van der Waals surface area contributed by atoms with Gasteiger partial charge in [0.05, 0.1) is 6.61 Å². The van der Waals surface area contributed by atoms with Gasteiger partial charge in [-0.3, -0.25) is 4.99 Å². The maximum atomic E-state index is 5.18. The van der Waals surface area contributed by atoms with E-state index in [2.05, 4.69) is 32.3 Å². The molecule has 7 heteroatoms. The maximum Gasteiger partial charge on any atom is 0.190 e. The topological polar surface area (TPSA) is 52.1 Å². The fourth-order valence-electron chi connectivity index (χ4n) is 4.07. The van der Waals surface area contributed by atoms with Gasteiger partial charge in [0.25, 0.3) is 0 Å². The zero-order chi connectivity index (χ0) is 18.6. The zero-order valence-corrected chi connectivity index (χ0v) is 20.0. The van der Waals surface area contributed by atoms with Gasteiger partial charge in [-0.15, -0.1) is 24.0 Å². The van der Waals surface area contributed by atoms with Gasteiger partial charge in [-0.1, -0.05) is 6.42 Å². The molecule has 2 rings (SSSR count). The van der Waals surface area contributed by atoms with Crippen molar-refractivity contribution < 1.29 is 4.74 Å². The van der Waals surface area contributed by atoms with Crippen molar-refractivity contribution >= 4 is 29.9 Å². The highest BCUT2D eigenvalue weighted by atomic mass is 127. The lowest BCUT2D eigenvalue weighted by Gasteiger charge is -2.33. The summed E-state index contributed by atoms with van der Waals surface area (Å²) in [6, 6.07) is 0.760. The van der Waals surface area contributed by atoms with Crippen LogP contribution >= 0.6 is 24.0 Å². The molecular formula is C20H42IN5O. The molecule has 0 aromatic rings. The van der Waals surface area contributed by atoms with Crippen LogP contribution in [0.3, 0.4) is 0 Å². The minimum atomic E-state index is 0. The summed E-state index contributed by atoms with van der Waals surface area (Å²) in [7, 11) is 3.65. The number of rotatable bonds is 9. The van der Waals surface area contributed by atoms with Gasteiger partial charge in [0.15, 0.2) is 5.96 Å². The van der Waals surface area contributed by atoms with Crippen molar-refractivity contribution in [1.29, 1.82) is 0 Å². The molecule has 1 atom stereocenters. The van der Waals surface area contributed by atoms with Crippen LogP contribution in [0.4, 0.5) is 0 Å². The third-order valence-corrected chi connectivity index (χ3v) is 5.96. The molecule has 0 bridgehead atoms. The van der Waals surface area contributed by atoms with E-state index in [9.17, 15) is 0 Å². The van der Waals surface area contributed by atoms with Crippen molar-refractivity contribution in [2.24, 2.45) is 10.9 Å². The highest BCUT2D eigenvalue weighted by molar-refractivity contribution is 14.0. The first kappa shape index (κ1) is 24.9. The summed E-state index contributed by atoms with van der Waals surface area (Å²) < 4.78 is 5.18. The van der Waals surface area contributed by atoms with Crippen molar-refractivity contribution in [1.82, 2.24) is 20.4 Å². The maximum absolute atomic E-state index is 5.18. The Bertz CT molecular complexity index is 402. The first-order chi connectivity index (χ1) is 12.7. The number of methoxy groups -OCH3 is 1. The number of aliphatic imine (C=N–C) groups is 1. The Labute approximate surface area is 183 Å². The van der Waals surface area contributed by atoms with Crippen LogP contribution in [0.25, 0.3) is 0 Å². The van der Waals surface area contributed by atoms with Gasteiger partial charge in [0.2, 0.25) is 0 Å². The van der Waals surface area contributed by atoms with E-state index in [1.165, 1.54) is 64.7 Å². The molecule has 0 radical (unpaired) electrons. The Morgan fingerprint density at radius 2 is 1.85 bits per heavy atom. The number of piperidine rings is 2. The summed E-state index contributed by atoms with van der Waals surface area (Å²) in [6.45, 7) is 11.2. The third-order valence-electron chi connectivity index (χ3n) is 5.96. The lowest BCUT2D eigenvalue weighted by atomic mass is 9.97. The van der Waals surface area contributed by atoms with E-state index >= 15 is 0 Å². The van der Waals surface area contributed by atoms with E-state index in [-0.39, 0.29) is 24.0 Å². The molecule has 2 aliphatic heterocycles. The second kappa shape index (κ2) is 14.8. The molecule has 0 aromatic heterocycles.